The Hall–Kier alpha value is -3.47. The van der Waals surface area contributed by atoms with Crippen molar-refractivity contribution in [2.24, 2.45) is 0 Å². The molecular weight excluding hydrogens is 383 g/mol. The molecule has 1 saturated heterocycles. The number of rotatable bonds is 3. The fraction of sp³-hybridized carbons (Fsp3) is 0.238. The van der Waals surface area contributed by atoms with Crippen molar-refractivity contribution < 1.29 is 22.7 Å². The van der Waals surface area contributed by atoms with E-state index in [1.807, 2.05) is 0 Å². The predicted octanol–water partition coefficient (Wildman–Crippen LogP) is 4.69. The molecule has 0 bridgehead atoms. The number of nitrogens with zero attached hydrogens (tertiary/aromatic N) is 3. The van der Waals surface area contributed by atoms with Gasteiger partial charge in [-0.15, -0.1) is 0 Å². The summed E-state index contributed by atoms with van der Waals surface area (Å²) < 4.78 is 45.2. The second-order valence-corrected chi connectivity index (χ2v) is 6.99. The van der Waals surface area contributed by atoms with E-state index in [1.165, 1.54) is 19.2 Å². The van der Waals surface area contributed by atoms with E-state index in [2.05, 4.69) is 6.58 Å². The van der Waals surface area contributed by atoms with Crippen molar-refractivity contribution in [3.8, 4) is 11.8 Å². The highest BCUT2D eigenvalue weighted by Crippen LogP contribution is 2.42. The quantitative estimate of drug-likeness (QED) is 0.749. The molecule has 2 aromatic rings. The highest BCUT2D eigenvalue weighted by molar-refractivity contribution is 6.09. The second kappa shape index (κ2) is 6.85. The number of anilines is 2. The average molecular weight is 401 g/mol. The van der Waals surface area contributed by atoms with Gasteiger partial charge in [-0.2, -0.15) is 18.4 Å². The van der Waals surface area contributed by atoms with E-state index in [-0.39, 0.29) is 11.5 Å². The van der Waals surface area contributed by atoms with Gasteiger partial charge in [-0.05, 0) is 56.3 Å². The summed E-state index contributed by atoms with van der Waals surface area (Å²) >= 11 is 0. The Bertz CT molecular complexity index is 1020. The van der Waals surface area contributed by atoms with Crippen LogP contribution < -0.4 is 14.5 Å². The maximum Gasteiger partial charge on any atom is 0.417 e. The molecule has 0 radical (unpaired) electrons. The number of amides is 1. The van der Waals surface area contributed by atoms with Crippen molar-refractivity contribution in [3.63, 3.8) is 0 Å². The number of hydrogen-bond donors (Lipinski definition) is 0. The maximum atomic E-state index is 13.4. The van der Waals surface area contributed by atoms with Crippen LogP contribution in [0.4, 0.5) is 24.5 Å². The number of methoxy groups -OCH3 is 1. The van der Waals surface area contributed by atoms with Gasteiger partial charge in [0.2, 0.25) is 0 Å². The third kappa shape index (κ3) is 3.29. The molecule has 5 nitrogen and oxygen atoms in total. The summed E-state index contributed by atoms with van der Waals surface area (Å²) in [6.07, 6.45) is -4.73. The first-order chi connectivity index (χ1) is 13.5. The highest BCUT2D eigenvalue weighted by Gasteiger charge is 2.49. The zero-order valence-corrected chi connectivity index (χ0v) is 16.0. The number of benzene rings is 2. The van der Waals surface area contributed by atoms with Gasteiger partial charge >= 0.3 is 6.18 Å². The summed E-state index contributed by atoms with van der Waals surface area (Å²) in [7, 11) is 1.53. The Morgan fingerprint density at radius 2 is 1.69 bits per heavy atom. The Morgan fingerprint density at radius 3 is 2.21 bits per heavy atom. The zero-order valence-electron chi connectivity index (χ0n) is 16.0. The molecule has 0 saturated carbocycles. The molecule has 1 fully saturated rings. The Labute approximate surface area is 166 Å². The van der Waals surface area contributed by atoms with Crippen LogP contribution in [-0.2, 0) is 11.0 Å². The number of alkyl halides is 3. The van der Waals surface area contributed by atoms with Crippen LogP contribution in [0.2, 0.25) is 0 Å². The van der Waals surface area contributed by atoms with E-state index in [9.17, 15) is 18.0 Å². The number of ether oxygens (including phenoxy) is 1. The minimum atomic E-state index is -4.73. The molecule has 1 aliphatic rings. The smallest absolute Gasteiger partial charge is 0.417 e. The monoisotopic (exact) mass is 401 g/mol. The second-order valence-electron chi connectivity index (χ2n) is 6.99. The van der Waals surface area contributed by atoms with E-state index in [0.29, 0.717) is 11.4 Å². The van der Waals surface area contributed by atoms with Crippen LogP contribution >= 0.6 is 0 Å². The van der Waals surface area contributed by atoms with E-state index in [4.69, 9.17) is 10.00 Å². The summed E-state index contributed by atoms with van der Waals surface area (Å²) in [6, 6.07) is 11.6. The van der Waals surface area contributed by atoms with Gasteiger partial charge in [-0.25, -0.2) is 0 Å². The van der Waals surface area contributed by atoms with Crippen LogP contribution in [0.1, 0.15) is 25.0 Å². The lowest BCUT2D eigenvalue weighted by atomic mass is 10.0. The lowest BCUT2D eigenvalue weighted by Crippen LogP contribution is -2.43. The van der Waals surface area contributed by atoms with Gasteiger partial charge in [-0.1, -0.05) is 6.58 Å². The Balaban J connectivity index is 2.09. The number of nitriles is 1. The SMILES string of the molecule is C=C1N(c2ccc(C#N)c(C(F)(F)F)c2)C(=O)C(C)(C)N1c1ccc(OC)cc1. The molecule has 3 rings (SSSR count). The first kappa shape index (κ1) is 20.3. The van der Waals surface area contributed by atoms with Crippen molar-refractivity contribution in [1.29, 1.82) is 5.26 Å². The fourth-order valence-corrected chi connectivity index (χ4v) is 3.38. The summed E-state index contributed by atoms with van der Waals surface area (Å²) in [5, 5.41) is 8.99. The van der Waals surface area contributed by atoms with Gasteiger partial charge in [0.15, 0.2) is 0 Å². The molecular formula is C21H18F3N3O2. The molecule has 8 heteroatoms. The van der Waals surface area contributed by atoms with Crippen LogP contribution in [0.15, 0.2) is 54.9 Å². The van der Waals surface area contributed by atoms with Gasteiger partial charge in [0.25, 0.3) is 5.91 Å². The van der Waals surface area contributed by atoms with Crippen LogP contribution in [0, 0.1) is 11.3 Å². The van der Waals surface area contributed by atoms with E-state index >= 15 is 0 Å². The summed E-state index contributed by atoms with van der Waals surface area (Å²) in [4.78, 5) is 15.9. The molecule has 0 aliphatic carbocycles. The third-order valence-corrected chi connectivity index (χ3v) is 4.82. The zero-order chi connectivity index (χ0) is 21.6. The molecule has 1 heterocycles. The van der Waals surface area contributed by atoms with Gasteiger partial charge in [-0.3, -0.25) is 9.69 Å². The predicted molar refractivity (Wildman–Crippen MR) is 102 cm³/mol. The number of hydrogen-bond acceptors (Lipinski definition) is 4. The van der Waals surface area contributed by atoms with Crippen molar-refractivity contribution in [2.45, 2.75) is 25.6 Å². The van der Waals surface area contributed by atoms with Crippen LogP contribution in [0.3, 0.4) is 0 Å². The standard InChI is InChI=1S/C21H18F3N3O2/c1-13-26(16-6-5-14(12-25)18(11-16)21(22,23)24)19(28)20(2,3)27(13)15-7-9-17(29-4)10-8-15/h5-11H,1H2,2-4H3. The molecule has 0 N–H and O–H groups in total. The number of carbonyl (C=O) groups excluding carboxylic acids is 1. The van der Waals surface area contributed by atoms with Crippen LogP contribution in [0.5, 0.6) is 5.75 Å². The fourth-order valence-electron chi connectivity index (χ4n) is 3.38. The molecule has 0 aromatic heterocycles. The van der Waals surface area contributed by atoms with E-state index in [1.54, 1.807) is 43.0 Å². The summed E-state index contributed by atoms with van der Waals surface area (Å²) in [5.41, 5.74) is -2.06. The molecule has 150 valence electrons. The van der Waals surface area contributed by atoms with E-state index in [0.717, 1.165) is 17.0 Å². The van der Waals surface area contributed by atoms with Crippen molar-refractivity contribution in [2.75, 3.05) is 16.9 Å². The van der Waals surface area contributed by atoms with Gasteiger partial charge in [0.1, 0.15) is 17.1 Å². The summed E-state index contributed by atoms with van der Waals surface area (Å²) in [6.45, 7) is 7.28. The molecule has 2 aromatic carbocycles. The van der Waals surface area contributed by atoms with Gasteiger partial charge in [0, 0.05) is 5.69 Å². The number of carbonyl (C=O) groups is 1. The molecule has 1 aliphatic heterocycles. The lowest BCUT2D eigenvalue weighted by molar-refractivity contribution is -0.137. The molecule has 0 atom stereocenters. The number of halogens is 3. The Kier molecular flexibility index (Phi) is 4.79. The minimum Gasteiger partial charge on any atom is -0.497 e. The molecule has 0 spiro atoms. The minimum absolute atomic E-state index is 0.00425. The maximum absolute atomic E-state index is 13.4. The Morgan fingerprint density at radius 1 is 1.10 bits per heavy atom. The molecule has 29 heavy (non-hydrogen) atoms. The average Bonchev–Trinajstić information content (AvgIpc) is 2.85. The molecule has 1 amide bonds. The van der Waals surface area contributed by atoms with Crippen molar-refractivity contribution in [3.05, 3.63) is 66.0 Å². The highest BCUT2D eigenvalue weighted by atomic mass is 19.4. The first-order valence-electron chi connectivity index (χ1n) is 8.61. The molecule has 0 unspecified atom stereocenters. The largest absolute Gasteiger partial charge is 0.497 e. The summed E-state index contributed by atoms with van der Waals surface area (Å²) in [5.74, 6) is 0.403. The van der Waals surface area contributed by atoms with Crippen LogP contribution in [0.25, 0.3) is 0 Å². The van der Waals surface area contributed by atoms with E-state index < -0.39 is 28.7 Å². The third-order valence-electron chi connectivity index (χ3n) is 4.82. The van der Waals surface area contributed by atoms with Crippen LogP contribution in [-0.4, -0.2) is 18.6 Å². The van der Waals surface area contributed by atoms with Gasteiger partial charge in [0.05, 0.1) is 30.0 Å². The normalized spacial score (nSPS) is 16.2. The topological polar surface area (TPSA) is 56.6 Å². The van der Waals surface area contributed by atoms with Crippen molar-refractivity contribution in [1.82, 2.24) is 0 Å². The van der Waals surface area contributed by atoms with Gasteiger partial charge < -0.3 is 9.64 Å². The van der Waals surface area contributed by atoms with Crippen molar-refractivity contribution >= 4 is 17.3 Å². The lowest BCUT2D eigenvalue weighted by Gasteiger charge is -2.30. The first-order valence-corrected chi connectivity index (χ1v) is 8.61.